The van der Waals surface area contributed by atoms with E-state index >= 15 is 0 Å². The number of halogens is 2. The molecular weight excluding hydrogens is 483 g/mol. The van der Waals surface area contributed by atoms with Crippen LogP contribution in [0.2, 0.25) is 5.02 Å². The summed E-state index contributed by atoms with van der Waals surface area (Å²) in [6.45, 7) is 16.6. The van der Waals surface area contributed by atoms with E-state index in [1.165, 1.54) is 0 Å². The average Bonchev–Trinajstić information content (AvgIpc) is 2.85. The first-order valence-corrected chi connectivity index (χ1v) is 12.5. The summed E-state index contributed by atoms with van der Waals surface area (Å²) < 4.78 is 21.1. The Kier molecular flexibility index (Phi) is 7.18. The molecule has 1 aliphatic carbocycles. The quantitative estimate of drug-likeness (QED) is 0.407. The molecule has 4 rings (SSSR count). The Morgan fingerprint density at radius 3 is 2.47 bits per heavy atom. The van der Waals surface area contributed by atoms with Gasteiger partial charge in [0.2, 0.25) is 11.6 Å². The van der Waals surface area contributed by atoms with E-state index in [2.05, 4.69) is 15.1 Å². The average molecular weight is 515 g/mol. The van der Waals surface area contributed by atoms with E-state index < -0.39 is 22.7 Å². The number of piperidine rings is 1. The molecule has 1 saturated heterocycles. The number of nitrogens with one attached hydrogen (secondary N) is 1. The van der Waals surface area contributed by atoms with Crippen molar-refractivity contribution in [2.75, 3.05) is 24.6 Å². The minimum atomic E-state index is -0.668. The molecule has 7 nitrogen and oxygen atoms in total. The Morgan fingerprint density at radius 1 is 1.25 bits per heavy atom. The normalized spacial score (nSPS) is 22.9. The number of nitrogens with zero attached hydrogens (tertiary/aromatic N) is 3. The van der Waals surface area contributed by atoms with Crippen LogP contribution >= 0.6 is 11.6 Å². The van der Waals surface area contributed by atoms with E-state index in [4.69, 9.17) is 22.9 Å². The fourth-order valence-electron chi connectivity index (χ4n) is 5.94. The summed E-state index contributed by atoms with van der Waals surface area (Å²) in [5, 5.41) is 12.7. The van der Waals surface area contributed by atoms with E-state index in [1.807, 2.05) is 32.6 Å². The zero-order valence-corrected chi connectivity index (χ0v) is 21.8. The minimum absolute atomic E-state index is 0.0268. The number of pyridine rings is 1. The number of aliphatic hydroxyl groups is 1. The number of rotatable bonds is 6. The van der Waals surface area contributed by atoms with Crippen molar-refractivity contribution in [2.24, 2.45) is 16.7 Å². The Bertz CT molecular complexity index is 1170. The molecule has 0 bridgehead atoms. The van der Waals surface area contributed by atoms with Crippen LogP contribution in [-0.4, -0.2) is 47.8 Å². The highest BCUT2D eigenvalue weighted by Gasteiger charge is 2.64. The number of carbonyl (C=O) groups is 1. The molecular formula is C27H32ClFN4O3. The monoisotopic (exact) mass is 514 g/mol. The van der Waals surface area contributed by atoms with Gasteiger partial charge >= 0.3 is 0 Å². The zero-order valence-electron chi connectivity index (χ0n) is 21.0. The molecule has 0 spiro atoms. The summed E-state index contributed by atoms with van der Waals surface area (Å²) in [4.78, 5) is 22.3. The number of anilines is 1. The first-order chi connectivity index (χ1) is 17.0. The van der Waals surface area contributed by atoms with Crippen molar-refractivity contribution in [2.45, 2.75) is 52.7 Å². The van der Waals surface area contributed by atoms with E-state index in [9.17, 15) is 14.3 Å². The van der Waals surface area contributed by atoms with Gasteiger partial charge in [-0.1, -0.05) is 45.4 Å². The molecule has 1 saturated carbocycles. The highest BCUT2D eigenvalue weighted by atomic mass is 35.5. The van der Waals surface area contributed by atoms with Gasteiger partial charge in [-0.15, -0.1) is 0 Å². The van der Waals surface area contributed by atoms with Gasteiger partial charge in [-0.3, -0.25) is 4.79 Å². The number of amides is 1. The third-order valence-electron chi connectivity index (χ3n) is 7.68. The highest BCUT2D eigenvalue weighted by molar-refractivity contribution is 6.33. The van der Waals surface area contributed by atoms with Crippen molar-refractivity contribution in [3.05, 3.63) is 58.4 Å². The topological polar surface area (TPSA) is 79.0 Å². The van der Waals surface area contributed by atoms with Gasteiger partial charge in [-0.25, -0.2) is 9.83 Å². The summed E-state index contributed by atoms with van der Waals surface area (Å²) in [7, 11) is 0. The zero-order chi connectivity index (χ0) is 26.3. The van der Waals surface area contributed by atoms with Gasteiger partial charge in [0.25, 0.3) is 5.91 Å². The van der Waals surface area contributed by atoms with Crippen LogP contribution in [0.15, 0.2) is 30.3 Å². The number of carbonyl (C=O) groups excluding carboxylic acids is 1. The number of benzene rings is 1. The summed E-state index contributed by atoms with van der Waals surface area (Å²) in [5.41, 5.74) is -0.0940. The molecule has 1 amide bonds. The fourth-order valence-corrected chi connectivity index (χ4v) is 6.15. The van der Waals surface area contributed by atoms with Crippen LogP contribution in [-0.2, 0) is 0 Å². The van der Waals surface area contributed by atoms with Crippen molar-refractivity contribution >= 4 is 28.9 Å². The molecule has 2 heterocycles. The highest BCUT2D eigenvalue weighted by Crippen LogP contribution is 2.55. The molecule has 0 radical (unpaired) electrons. The molecule has 0 unspecified atom stereocenters. The smallest absolute Gasteiger partial charge is 0.270 e. The second-order valence-corrected chi connectivity index (χ2v) is 11.3. The first kappa shape index (κ1) is 26.2. The largest absolute Gasteiger partial charge is 0.489 e. The summed E-state index contributed by atoms with van der Waals surface area (Å²) in [6.07, 6.45) is 1.35. The molecule has 9 heteroatoms. The molecule has 2 N–H and O–H groups in total. The van der Waals surface area contributed by atoms with Crippen LogP contribution in [0.5, 0.6) is 5.75 Å². The number of ether oxygens (including phenoxy) is 1. The fraction of sp³-hybridized carbons (Fsp3) is 0.519. The molecule has 1 aromatic heterocycles. The molecule has 2 aliphatic rings. The summed E-state index contributed by atoms with van der Waals surface area (Å²) in [6, 6.07) is 7.89. The lowest BCUT2D eigenvalue weighted by atomic mass is 9.49. The number of hydrogen-bond donors (Lipinski definition) is 2. The minimum Gasteiger partial charge on any atom is -0.489 e. The van der Waals surface area contributed by atoms with Crippen LogP contribution < -0.4 is 15.0 Å². The maximum Gasteiger partial charge on any atom is 0.270 e. The van der Waals surface area contributed by atoms with E-state index in [1.54, 1.807) is 30.3 Å². The lowest BCUT2D eigenvalue weighted by molar-refractivity contribution is -0.164. The van der Waals surface area contributed by atoms with Crippen molar-refractivity contribution in [1.29, 1.82) is 0 Å². The number of aromatic nitrogens is 1. The van der Waals surface area contributed by atoms with Crippen LogP contribution in [0.1, 0.15) is 51.0 Å². The molecule has 36 heavy (non-hydrogen) atoms. The van der Waals surface area contributed by atoms with Crippen molar-refractivity contribution in [3.8, 4) is 5.75 Å². The molecule has 2 fully saturated rings. The van der Waals surface area contributed by atoms with Crippen LogP contribution in [0.4, 0.5) is 15.8 Å². The van der Waals surface area contributed by atoms with Gasteiger partial charge in [0, 0.05) is 36.6 Å². The van der Waals surface area contributed by atoms with E-state index in [0.717, 1.165) is 12.8 Å². The van der Waals surface area contributed by atoms with Crippen molar-refractivity contribution in [1.82, 2.24) is 10.3 Å². The van der Waals surface area contributed by atoms with E-state index in [-0.39, 0.29) is 30.4 Å². The predicted octanol–water partition coefficient (Wildman–Crippen LogP) is 5.25. The van der Waals surface area contributed by atoms with Gasteiger partial charge in [0.05, 0.1) is 17.3 Å². The summed E-state index contributed by atoms with van der Waals surface area (Å²) >= 11 is 6.17. The van der Waals surface area contributed by atoms with Crippen molar-refractivity contribution < 1.29 is 19.0 Å². The number of aliphatic hydroxyl groups excluding tert-OH is 1. The van der Waals surface area contributed by atoms with Crippen LogP contribution in [0.3, 0.4) is 0 Å². The maximum absolute atomic E-state index is 14.9. The third-order valence-corrected chi connectivity index (χ3v) is 7.99. The Labute approximate surface area is 216 Å². The van der Waals surface area contributed by atoms with Gasteiger partial charge in [0.15, 0.2) is 0 Å². The van der Waals surface area contributed by atoms with Crippen LogP contribution in [0, 0.1) is 29.3 Å². The second-order valence-electron chi connectivity index (χ2n) is 10.9. The third kappa shape index (κ3) is 4.74. The predicted molar refractivity (Wildman–Crippen MR) is 137 cm³/mol. The SMILES string of the molecule is [C-]#[N+]c1ccc(OC2C(C)(C)C(NC(=O)c3ccc(N4CCC(CO)CC4)c(F)n3)C2(C)C)cc1Cl. The Morgan fingerprint density at radius 2 is 1.92 bits per heavy atom. The van der Waals surface area contributed by atoms with Crippen LogP contribution in [0.25, 0.3) is 4.85 Å². The molecule has 0 atom stereocenters. The molecule has 2 aromatic rings. The Balaban J connectivity index is 1.44. The van der Waals surface area contributed by atoms with Gasteiger partial charge < -0.3 is 20.1 Å². The molecule has 192 valence electrons. The number of hydrogen-bond acceptors (Lipinski definition) is 5. The van der Waals surface area contributed by atoms with Gasteiger partial charge in [-0.05, 0) is 43.0 Å². The lowest BCUT2D eigenvalue weighted by Gasteiger charge is -2.63. The first-order valence-electron chi connectivity index (χ1n) is 12.2. The second kappa shape index (κ2) is 9.87. The van der Waals surface area contributed by atoms with Gasteiger partial charge in [0.1, 0.15) is 17.5 Å². The standard InChI is InChI=1S/C27H32ClFN4O3/c1-26(2)24(27(3,4)25(26)36-17-6-7-19(30-5)18(28)14-17)32-23(35)20-8-9-21(22(29)31-20)33-12-10-16(15-34)11-13-33/h6-9,14,16,24-25,34H,10-13,15H2,1-4H3,(H,32,35). The van der Waals surface area contributed by atoms with E-state index in [0.29, 0.717) is 35.2 Å². The Hall–Kier alpha value is -2.89. The summed E-state index contributed by atoms with van der Waals surface area (Å²) in [5.74, 6) is -0.295. The van der Waals surface area contributed by atoms with Crippen molar-refractivity contribution in [3.63, 3.8) is 0 Å². The maximum atomic E-state index is 14.9. The van der Waals surface area contributed by atoms with Gasteiger partial charge in [-0.2, -0.15) is 4.39 Å². The lowest BCUT2D eigenvalue weighted by Crippen LogP contribution is -2.74. The molecule has 1 aliphatic heterocycles. The molecule has 1 aromatic carbocycles.